The Labute approximate surface area is 166 Å². The number of allylic oxidation sites excluding steroid dienone is 1. The van der Waals surface area contributed by atoms with E-state index in [1.165, 1.54) is 30.2 Å². The smallest absolute Gasteiger partial charge is 0.234 e. The highest BCUT2D eigenvalue weighted by Crippen LogP contribution is 2.40. The van der Waals surface area contributed by atoms with Gasteiger partial charge in [-0.1, -0.05) is 36.0 Å². The fraction of sp³-hybridized carbons (Fsp3) is 0.250. The molecule has 0 atom stereocenters. The molecule has 0 spiro atoms. The Bertz CT molecular complexity index is 928. The Morgan fingerprint density at radius 3 is 2.78 bits per heavy atom. The molecule has 1 fully saturated rings. The minimum Gasteiger partial charge on any atom is -0.325 e. The van der Waals surface area contributed by atoms with Crippen molar-refractivity contribution >= 4 is 34.7 Å². The van der Waals surface area contributed by atoms with Crippen LogP contribution in [0.5, 0.6) is 0 Å². The molecule has 7 heteroatoms. The summed E-state index contributed by atoms with van der Waals surface area (Å²) in [5.41, 5.74) is 2.19. The van der Waals surface area contributed by atoms with Gasteiger partial charge in [-0.2, -0.15) is 0 Å². The Balaban J connectivity index is 1.39. The van der Waals surface area contributed by atoms with Gasteiger partial charge in [0, 0.05) is 12.2 Å². The molecule has 0 unspecified atom stereocenters. The Kier molecular flexibility index (Phi) is 5.40. The van der Waals surface area contributed by atoms with Crippen molar-refractivity contribution in [2.45, 2.75) is 30.5 Å². The number of carbonyl (C=O) groups excluding carboxylic acids is 1. The Morgan fingerprint density at radius 2 is 2.11 bits per heavy atom. The van der Waals surface area contributed by atoms with Gasteiger partial charge in [-0.25, -0.2) is 0 Å². The zero-order valence-corrected chi connectivity index (χ0v) is 16.4. The number of aromatic nitrogens is 3. The van der Waals surface area contributed by atoms with E-state index in [1.807, 2.05) is 40.3 Å². The van der Waals surface area contributed by atoms with Gasteiger partial charge in [-0.05, 0) is 47.9 Å². The number of rotatable bonds is 8. The Hall–Kier alpha value is -2.38. The molecule has 0 bridgehead atoms. The van der Waals surface area contributed by atoms with Crippen LogP contribution in [0, 0.1) is 0 Å². The normalized spacial score (nSPS) is 13.5. The van der Waals surface area contributed by atoms with Crippen LogP contribution in [0.25, 0.3) is 10.7 Å². The molecule has 1 amide bonds. The first-order valence-corrected chi connectivity index (χ1v) is 10.7. The monoisotopic (exact) mass is 396 g/mol. The number of thiophene rings is 1. The van der Waals surface area contributed by atoms with Crippen LogP contribution in [0.2, 0.25) is 0 Å². The van der Waals surface area contributed by atoms with Crippen LogP contribution >= 0.6 is 23.1 Å². The van der Waals surface area contributed by atoms with E-state index in [9.17, 15) is 4.79 Å². The predicted molar refractivity (Wildman–Crippen MR) is 111 cm³/mol. The lowest BCUT2D eigenvalue weighted by molar-refractivity contribution is -0.113. The number of nitrogens with zero attached hydrogens (tertiary/aromatic N) is 3. The maximum Gasteiger partial charge on any atom is 0.234 e. The Morgan fingerprint density at radius 1 is 1.30 bits per heavy atom. The van der Waals surface area contributed by atoms with Crippen LogP contribution in [0.1, 0.15) is 24.3 Å². The van der Waals surface area contributed by atoms with Gasteiger partial charge in [0.1, 0.15) is 0 Å². The zero-order chi connectivity index (χ0) is 18.6. The first kappa shape index (κ1) is 18.0. The summed E-state index contributed by atoms with van der Waals surface area (Å²) in [6.07, 6.45) is 4.37. The molecule has 0 aliphatic heterocycles. The molecule has 1 N–H and O–H groups in total. The van der Waals surface area contributed by atoms with Crippen molar-refractivity contribution in [1.82, 2.24) is 14.8 Å². The molecule has 1 aliphatic carbocycles. The highest BCUT2D eigenvalue weighted by molar-refractivity contribution is 7.99. The minimum absolute atomic E-state index is 0.0509. The number of thioether (sulfide) groups is 1. The summed E-state index contributed by atoms with van der Waals surface area (Å²) in [6.45, 7) is 4.42. The number of anilines is 1. The second-order valence-electron chi connectivity index (χ2n) is 6.42. The third-order valence-corrected chi connectivity index (χ3v) is 6.18. The molecule has 1 aliphatic rings. The molecule has 5 nitrogen and oxygen atoms in total. The van der Waals surface area contributed by atoms with Gasteiger partial charge in [0.2, 0.25) is 5.91 Å². The van der Waals surface area contributed by atoms with Crippen LogP contribution in [0.3, 0.4) is 0 Å². The van der Waals surface area contributed by atoms with Gasteiger partial charge >= 0.3 is 0 Å². The van der Waals surface area contributed by atoms with Gasteiger partial charge in [-0.15, -0.1) is 28.1 Å². The van der Waals surface area contributed by atoms with Crippen LogP contribution in [-0.4, -0.2) is 26.4 Å². The van der Waals surface area contributed by atoms with E-state index in [-0.39, 0.29) is 11.7 Å². The van der Waals surface area contributed by atoms with E-state index in [1.54, 1.807) is 11.3 Å². The van der Waals surface area contributed by atoms with E-state index < -0.39 is 0 Å². The third-order valence-electron chi connectivity index (χ3n) is 4.35. The number of hydrogen-bond acceptors (Lipinski definition) is 5. The van der Waals surface area contributed by atoms with Gasteiger partial charge in [0.05, 0.1) is 10.6 Å². The average Bonchev–Trinajstić information content (AvgIpc) is 3.23. The summed E-state index contributed by atoms with van der Waals surface area (Å²) < 4.78 is 1.99. The van der Waals surface area contributed by atoms with E-state index in [4.69, 9.17) is 0 Å². The molecule has 1 aromatic carbocycles. The van der Waals surface area contributed by atoms with Gasteiger partial charge in [-0.3, -0.25) is 9.36 Å². The summed E-state index contributed by atoms with van der Waals surface area (Å²) in [7, 11) is 0. The second kappa shape index (κ2) is 8.10. The molecule has 3 aromatic rings. The van der Waals surface area contributed by atoms with Crippen molar-refractivity contribution in [2.75, 3.05) is 11.1 Å². The van der Waals surface area contributed by atoms with Gasteiger partial charge < -0.3 is 5.32 Å². The summed E-state index contributed by atoms with van der Waals surface area (Å²) in [5, 5.41) is 14.2. The van der Waals surface area contributed by atoms with Crippen molar-refractivity contribution < 1.29 is 4.79 Å². The highest BCUT2D eigenvalue weighted by atomic mass is 32.2. The van der Waals surface area contributed by atoms with Crippen molar-refractivity contribution in [2.24, 2.45) is 0 Å². The molecule has 4 rings (SSSR count). The zero-order valence-electron chi connectivity index (χ0n) is 14.8. The predicted octanol–water partition coefficient (Wildman–Crippen LogP) is 4.80. The van der Waals surface area contributed by atoms with Crippen LogP contribution < -0.4 is 5.32 Å². The standard InChI is InChI=1S/C20H20N4OS2/c1-2-11-24-19(17-4-3-12-26-17)22-23-20(24)27-13-18(25)21-16-9-7-15(8-10-16)14-5-6-14/h2-4,7-10,12,14H,1,5-6,11,13H2,(H,21,25). The molecule has 1 saturated carbocycles. The fourth-order valence-corrected chi connectivity index (χ4v) is 4.32. The van der Waals surface area contributed by atoms with E-state index >= 15 is 0 Å². The maximum atomic E-state index is 12.3. The molecule has 2 heterocycles. The molecule has 27 heavy (non-hydrogen) atoms. The van der Waals surface area contributed by atoms with E-state index in [0.717, 1.165) is 27.5 Å². The van der Waals surface area contributed by atoms with Crippen molar-refractivity contribution in [1.29, 1.82) is 0 Å². The quantitative estimate of drug-likeness (QED) is 0.439. The number of benzene rings is 1. The SMILES string of the molecule is C=CCn1c(SCC(=O)Nc2ccc(C3CC3)cc2)nnc1-c1cccs1. The van der Waals surface area contributed by atoms with Crippen LogP contribution in [0.15, 0.2) is 59.6 Å². The number of hydrogen-bond donors (Lipinski definition) is 1. The third kappa shape index (κ3) is 4.31. The molecule has 138 valence electrons. The van der Waals surface area contributed by atoms with Gasteiger partial charge in [0.15, 0.2) is 11.0 Å². The fourth-order valence-electron chi connectivity index (χ4n) is 2.86. The number of carbonyl (C=O) groups is 1. The maximum absolute atomic E-state index is 12.3. The first-order chi connectivity index (χ1) is 13.2. The van der Waals surface area contributed by atoms with Crippen LogP contribution in [-0.2, 0) is 11.3 Å². The molecule has 0 saturated heterocycles. The number of amides is 1. The topological polar surface area (TPSA) is 59.8 Å². The van der Waals surface area contributed by atoms with Gasteiger partial charge in [0.25, 0.3) is 0 Å². The molecular formula is C20H20N4OS2. The first-order valence-electron chi connectivity index (χ1n) is 8.85. The van der Waals surface area contributed by atoms with E-state index in [2.05, 4.69) is 34.2 Å². The molecule has 0 radical (unpaired) electrons. The van der Waals surface area contributed by atoms with Crippen molar-refractivity contribution in [3.8, 4) is 10.7 Å². The molecule has 2 aromatic heterocycles. The lowest BCUT2D eigenvalue weighted by atomic mass is 10.1. The lowest BCUT2D eigenvalue weighted by Crippen LogP contribution is -2.14. The molecular weight excluding hydrogens is 376 g/mol. The summed E-state index contributed by atoms with van der Waals surface area (Å²) in [4.78, 5) is 13.4. The summed E-state index contributed by atoms with van der Waals surface area (Å²) in [5.74, 6) is 1.76. The minimum atomic E-state index is -0.0509. The second-order valence-corrected chi connectivity index (χ2v) is 8.31. The van der Waals surface area contributed by atoms with E-state index in [0.29, 0.717) is 6.54 Å². The van der Waals surface area contributed by atoms with Crippen LogP contribution in [0.4, 0.5) is 5.69 Å². The largest absolute Gasteiger partial charge is 0.325 e. The highest BCUT2D eigenvalue weighted by Gasteiger charge is 2.23. The van der Waals surface area contributed by atoms with Crippen molar-refractivity contribution in [3.05, 3.63) is 60.0 Å². The number of nitrogens with one attached hydrogen (secondary N) is 1. The lowest BCUT2D eigenvalue weighted by Gasteiger charge is -2.08. The van der Waals surface area contributed by atoms with Crippen molar-refractivity contribution in [3.63, 3.8) is 0 Å². The average molecular weight is 397 g/mol. The summed E-state index contributed by atoms with van der Waals surface area (Å²) in [6, 6.07) is 12.2. The summed E-state index contributed by atoms with van der Waals surface area (Å²) >= 11 is 3.00.